The third kappa shape index (κ3) is 2.24. The number of ether oxygens (including phenoxy) is 2. The molecule has 1 heterocycles. The van der Waals surface area contributed by atoms with Gasteiger partial charge in [0.1, 0.15) is 0 Å². The summed E-state index contributed by atoms with van der Waals surface area (Å²) in [6, 6.07) is 0. The van der Waals surface area contributed by atoms with Crippen molar-refractivity contribution in [2.45, 2.75) is 52.2 Å². The van der Waals surface area contributed by atoms with Gasteiger partial charge < -0.3 is 9.47 Å². The number of hydrogen-bond donors (Lipinski definition) is 0. The molecular formula is C13H22O3. The van der Waals surface area contributed by atoms with Gasteiger partial charge in [-0.1, -0.05) is 27.2 Å². The van der Waals surface area contributed by atoms with Crippen molar-refractivity contribution in [1.82, 2.24) is 0 Å². The summed E-state index contributed by atoms with van der Waals surface area (Å²) in [6.07, 6.45) is 3.68. The predicted octanol–water partition coefficient (Wildman–Crippen LogP) is 2.39. The minimum atomic E-state index is -0.0123. The van der Waals surface area contributed by atoms with E-state index in [4.69, 9.17) is 9.47 Å². The fraction of sp³-hybridized carbons (Fsp3) is 0.923. The normalized spacial score (nSPS) is 41.3. The second-order valence-corrected chi connectivity index (χ2v) is 5.26. The summed E-state index contributed by atoms with van der Waals surface area (Å²) in [5.41, 5.74) is 0. The van der Waals surface area contributed by atoms with Gasteiger partial charge in [0.05, 0.1) is 24.7 Å². The van der Waals surface area contributed by atoms with Crippen LogP contribution in [0.2, 0.25) is 0 Å². The van der Waals surface area contributed by atoms with Crippen molar-refractivity contribution in [3.63, 3.8) is 0 Å². The van der Waals surface area contributed by atoms with Crippen molar-refractivity contribution >= 4 is 5.97 Å². The largest absolute Gasteiger partial charge is 0.465 e. The van der Waals surface area contributed by atoms with Crippen LogP contribution in [-0.2, 0) is 14.3 Å². The van der Waals surface area contributed by atoms with Gasteiger partial charge in [-0.15, -0.1) is 0 Å². The van der Waals surface area contributed by atoms with E-state index < -0.39 is 0 Å². The first-order chi connectivity index (χ1) is 7.65. The summed E-state index contributed by atoms with van der Waals surface area (Å²) in [6.45, 7) is 6.95. The summed E-state index contributed by atoms with van der Waals surface area (Å²) in [5, 5.41) is 0. The van der Waals surface area contributed by atoms with Gasteiger partial charge in [-0.05, 0) is 24.7 Å². The standard InChI is InChI=1S/C13H22O3/c1-4-5-6-15-13(14)10-7-8(2)11-12(16-11)9(10)3/h8-12H,4-7H2,1-3H3. The Balaban J connectivity index is 1.85. The second kappa shape index (κ2) is 4.74. The molecule has 5 atom stereocenters. The molecule has 3 nitrogen and oxygen atoms in total. The van der Waals surface area contributed by atoms with Crippen LogP contribution in [0.3, 0.4) is 0 Å². The minimum Gasteiger partial charge on any atom is -0.465 e. The fourth-order valence-electron chi connectivity index (χ4n) is 2.73. The number of unbranched alkanes of at least 4 members (excludes halogenated alkanes) is 1. The molecule has 1 saturated heterocycles. The maximum atomic E-state index is 11.9. The van der Waals surface area contributed by atoms with Crippen molar-refractivity contribution in [2.24, 2.45) is 17.8 Å². The maximum absolute atomic E-state index is 11.9. The Morgan fingerprint density at radius 1 is 1.38 bits per heavy atom. The average Bonchev–Trinajstić information content (AvgIpc) is 3.04. The molecule has 5 unspecified atom stereocenters. The van der Waals surface area contributed by atoms with E-state index in [9.17, 15) is 4.79 Å². The van der Waals surface area contributed by atoms with Crippen molar-refractivity contribution < 1.29 is 14.3 Å². The highest BCUT2D eigenvalue weighted by atomic mass is 16.6. The lowest BCUT2D eigenvalue weighted by molar-refractivity contribution is -0.151. The van der Waals surface area contributed by atoms with Gasteiger partial charge in [0, 0.05) is 0 Å². The zero-order valence-corrected chi connectivity index (χ0v) is 10.4. The monoisotopic (exact) mass is 226 g/mol. The van der Waals surface area contributed by atoms with E-state index >= 15 is 0 Å². The Labute approximate surface area is 97.5 Å². The molecule has 1 aliphatic carbocycles. The van der Waals surface area contributed by atoms with E-state index in [2.05, 4.69) is 20.8 Å². The van der Waals surface area contributed by atoms with Crippen LogP contribution in [0.4, 0.5) is 0 Å². The number of rotatable bonds is 4. The van der Waals surface area contributed by atoms with Crippen LogP contribution in [0.1, 0.15) is 40.0 Å². The van der Waals surface area contributed by atoms with Crippen LogP contribution >= 0.6 is 0 Å². The maximum Gasteiger partial charge on any atom is 0.309 e. The Kier molecular flexibility index (Phi) is 3.53. The fourth-order valence-corrected chi connectivity index (χ4v) is 2.73. The van der Waals surface area contributed by atoms with E-state index in [1.54, 1.807) is 0 Å². The first-order valence-corrected chi connectivity index (χ1v) is 6.47. The van der Waals surface area contributed by atoms with E-state index in [0.717, 1.165) is 19.3 Å². The Hall–Kier alpha value is -0.570. The zero-order valence-electron chi connectivity index (χ0n) is 10.4. The van der Waals surface area contributed by atoms with Crippen LogP contribution in [0, 0.1) is 17.8 Å². The van der Waals surface area contributed by atoms with Gasteiger partial charge >= 0.3 is 5.97 Å². The Bertz CT molecular complexity index is 264. The minimum absolute atomic E-state index is 0.0123. The molecule has 16 heavy (non-hydrogen) atoms. The molecule has 1 aliphatic heterocycles. The number of carbonyl (C=O) groups is 1. The summed E-state index contributed by atoms with van der Waals surface area (Å²) in [4.78, 5) is 11.9. The summed E-state index contributed by atoms with van der Waals surface area (Å²) < 4.78 is 10.9. The highest BCUT2D eigenvalue weighted by Gasteiger charge is 2.54. The number of esters is 1. The third-order valence-corrected chi connectivity index (χ3v) is 3.95. The molecule has 0 aromatic heterocycles. The molecule has 3 heteroatoms. The molecule has 1 saturated carbocycles. The second-order valence-electron chi connectivity index (χ2n) is 5.26. The molecule has 0 aromatic rings. The molecule has 0 bridgehead atoms. The average molecular weight is 226 g/mol. The topological polar surface area (TPSA) is 38.8 Å². The molecule has 2 aliphatic rings. The summed E-state index contributed by atoms with van der Waals surface area (Å²) >= 11 is 0. The van der Waals surface area contributed by atoms with Crippen LogP contribution in [0.5, 0.6) is 0 Å². The van der Waals surface area contributed by atoms with Gasteiger partial charge in [-0.25, -0.2) is 0 Å². The van der Waals surface area contributed by atoms with E-state index in [1.165, 1.54) is 0 Å². The lowest BCUT2D eigenvalue weighted by Gasteiger charge is -2.27. The molecular weight excluding hydrogens is 204 g/mol. The third-order valence-electron chi connectivity index (χ3n) is 3.95. The zero-order chi connectivity index (χ0) is 11.7. The Morgan fingerprint density at radius 3 is 2.81 bits per heavy atom. The molecule has 0 spiro atoms. The summed E-state index contributed by atoms with van der Waals surface area (Å²) in [7, 11) is 0. The van der Waals surface area contributed by atoms with Gasteiger partial charge in [0.15, 0.2) is 0 Å². The van der Waals surface area contributed by atoms with Crippen molar-refractivity contribution in [1.29, 1.82) is 0 Å². The first-order valence-electron chi connectivity index (χ1n) is 6.47. The lowest BCUT2D eigenvalue weighted by atomic mass is 9.75. The van der Waals surface area contributed by atoms with Gasteiger partial charge in [-0.3, -0.25) is 4.79 Å². The van der Waals surface area contributed by atoms with E-state index in [-0.39, 0.29) is 11.9 Å². The highest BCUT2D eigenvalue weighted by molar-refractivity contribution is 5.73. The molecule has 0 aromatic carbocycles. The quantitative estimate of drug-likeness (QED) is 0.420. The van der Waals surface area contributed by atoms with Gasteiger partial charge in [0.2, 0.25) is 0 Å². The number of fused-ring (bicyclic) bond motifs is 1. The number of hydrogen-bond acceptors (Lipinski definition) is 3. The SMILES string of the molecule is CCCCOC(=O)C1CC(C)C2OC2C1C. The van der Waals surface area contributed by atoms with Crippen LogP contribution < -0.4 is 0 Å². The lowest BCUT2D eigenvalue weighted by Crippen LogP contribution is -2.35. The van der Waals surface area contributed by atoms with Crippen molar-refractivity contribution in [3.8, 4) is 0 Å². The van der Waals surface area contributed by atoms with E-state index in [0.29, 0.717) is 30.7 Å². The van der Waals surface area contributed by atoms with Gasteiger partial charge in [-0.2, -0.15) is 0 Å². The number of epoxide rings is 1. The van der Waals surface area contributed by atoms with Crippen molar-refractivity contribution in [2.75, 3.05) is 6.61 Å². The smallest absolute Gasteiger partial charge is 0.309 e. The predicted molar refractivity (Wildman–Crippen MR) is 61.0 cm³/mol. The molecule has 0 radical (unpaired) electrons. The van der Waals surface area contributed by atoms with Gasteiger partial charge in [0.25, 0.3) is 0 Å². The molecule has 92 valence electrons. The number of carbonyl (C=O) groups excluding carboxylic acids is 1. The van der Waals surface area contributed by atoms with Crippen molar-refractivity contribution in [3.05, 3.63) is 0 Å². The molecule has 2 rings (SSSR count). The van der Waals surface area contributed by atoms with E-state index in [1.807, 2.05) is 0 Å². The molecule has 0 amide bonds. The highest BCUT2D eigenvalue weighted by Crippen LogP contribution is 2.47. The van der Waals surface area contributed by atoms with Crippen LogP contribution in [0.15, 0.2) is 0 Å². The molecule has 2 fully saturated rings. The van der Waals surface area contributed by atoms with Crippen LogP contribution in [0.25, 0.3) is 0 Å². The molecule has 0 N–H and O–H groups in total. The first kappa shape index (κ1) is 11.9. The summed E-state index contributed by atoms with van der Waals surface area (Å²) in [5.74, 6) is 0.873. The van der Waals surface area contributed by atoms with Crippen LogP contribution in [-0.4, -0.2) is 24.8 Å². The Morgan fingerprint density at radius 2 is 2.12 bits per heavy atom.